The molecule has 0 heterocycles. The van der Waals surface area contributed by atoms with E-state index < -0.39 is 0 Å². The van der Waals surface area contributed by atoms with Gasteiger partial charge in [-0.05, 0) is 44.2 Å². The molecule has 0 radical (unpaired) electrons. The van der Waals surface area contributed by atoms with Crippen LogP contribution in [0.3, 0.4) is 0 Å². The van der Waals surface area contributed by atoms with Crippen molar-refractivity contribution in [1.29, 1.82) is 0 Å². The first kappa shape index (κ1) is 17.0. The van der Waals surface area contributed by atoms with Gasteiger partial charge in [0.15, 0.2) is 0 Å². The molecule has 0 saturated heterocycles. The highest BCUT2D eigenvalue weighted by Crippen LogP contribution is 2.30. The molecule has 114 valence electrons. The molecule has 0 aliphatic heterocycles. The van der Waals surface area contributed by atoms with Gasteiger partial charge >= 0.3 is 0 Å². The molecule has 1 saturated carbocycles. The van der Waals surface area contributed by atoms with E-state index in [0.29, 0.717) is 0 Å². The molecule has 4 atom stereocenters. The minimum atomic E-state index is 0.719. The van der Waals surface area contributed by atoms with E-state index in [-0.39, 0.29) is 0 Å². The van der Waals surface area contributed by atoms with Gasteiger partial charge in [0, 0.05) is 18.6 Å². The molecular weight excluding hydrogens is 232 g/mol. The minimum absolute atomic E-state index is 0.719. The quantitative estimate of drug-likeness (QED) is 0.718. The van der Waals surface area contributed by atoms with E-state index in [9.17, 15) is 0 Å². The largest absolute Gasteiger partial charge is 0.313 e. The number of likely N-dealkylation sites (N-methyl/N-ethyl adjacent to an activating group) is 2. The maximum atomic E-state index is 3.74. The third-order valence-electron chi connectivity index (χ3n) is 5.09. The van der Waals surface area contributed by atoms with Gasteiger partial charge in [-0.3, -0.25) is 4.90 Å². The Labute approximate surface area is 121 Å². The van der Waals surface area contributed by atoms with Crippen LogP contribution < -0.4 is 5.32 Å². The molecule has 1 N–H and O–H groups in total. The van der Waals surface area contributed by atoms with Crippen LogP contribution in [0.15, 0.2) is 0 Å². The van der Waals surface area contributed by atoms with Crippen molar-refractivity contribution in [2.45, 2.75) is 78.8 Å². The van der Waals surface area contributed by atoms with Crippen LogP contribution in [0.2, 0.25) is 0 Å². The van der Waals surface area contributed by atoms with Crippen molar-refractivity contribution in [3.8, 4) is 0 Å². The summed E-state index contributed by atoms with van der Waals surface area (Å²) in [7, 11) is 0. The Balaban J connectivity index is 2.68. The van der Waals surface area contributed by atoms with Crippen LogP contribution in [0, 0.1) is 11.8 Å². The summed E-state index contributed by atoms with van der Waals surface area (Å²) >= 11 is 0. The van der Waals surface area contributed by atoms with Gasteiger partial charge in [0.05, 0.1) is 0 Å². The van der Waals surface area contributed by atoms with Crippen LogP contribution in [-0.4, -0.2) is 36.6 Å². The van der Waals surface area contributed by atoms with Crippen LogP contribution >= 0.6 is 0 Å². The van der Waals surface area contributed by atoms with Gasteiger partial charge in [0.25, 0.3) is 0 Å². The van der Waals surface area contributed by atoms with E-state index in [1.54, 1.807) is 0 Å². The lowest BCUT2D eigenvalue weighted by Crippen LogP contribution is -2.54. The first-order valence-corrected chi connectivity index (χ1v) is 8.63. The summed E-state index contributed by atoms with van der Waals surface area (Å²) in [6, 6.07) is 1.48. The molecule has 0 amide bonds. The Bertz CT molecular complexity index is 229. The van der Waals surface area contributed by atoms with Crippen molar-refractivity contribution in [2.75, 3.05) is 19.6 Å². The van der Waals surface area contributed by atoms with Crippen molar-refractivity contribution >= 4 is 0 Å². The lowest BCUT2D eigenvalue weighted by Gasteiger charge is -2.43. The summed E-state index contributed by atoms with van der Waals surface area (Å²) in [5, 5.41) is 3.74. The van der Waals surface area contributed by atoms with Crippen LogP contribution in [0.25, 0.3) is 0 Å². The zero-order chi connectivity index (χ0) is 14.3. The highest BCUT2D eigenvalue weighted by atomic mass is 15.2. The molecular formula is C17H36N2. The van der Waals surface area contributed by atoms with Crippen molar-refractivity contribution < 1.29 is 0 Å². The maximum Gasteiger partial charge on any atom is 0.0251 e. The molecule has 2 heteroatoms. The summed E-state index contributed by atoms with van der Waals surface area (Å²) in [6.45, 7) is 15.2. The molecule has 0 aromatic rings. The smallest absolute Gasteiger partial charge is 0.0251 e. The summed E-state index contributed by atoms with van der Waals surface area (Å²) in [5.74, 6) is 1.77. The Morgan fingerprint density at radius 2 is 1.89 bits per heavy atom. The fourth-order valence-electron chi connectivity index (χ4n) is 3.53. The number of nitrogens with zero attached hydrogens (tertiary/aromatic N) is 1. The van der Waals surface area contributed by atoms with E-state index in [2.05, 4.69) is 44.8 Å². The maximum absolute atomic E-state index is 3.74. The molecule has 19 heavy (non-hydrogen) atoms. The molecule has 1 aliphatic carbocycles. The van der Waals surface area contributed by atoms with E-state index in [1.165, 1.54) is 45.2 Å². The van der Waals surface area contributed by atoms with E-state index in [0.717, 1.165) is 30.5 Å². The summed E-state index contributed by atoms with van der Waals surface area (Å²) in [6.07, 6.45) is 6.85. The van der Waals surface area contributed by atoms with Gasteiger partial charge in [-0.1, -0.05) is 47.5 Å². The molecule has 1 aliphatic rings. The zero-order valence-corrected chi connectivity index (χ0v) is 13.9. The third-order valence-corrected chi connectivity index (χ3v) is 5.09. The predicted molar refractivity (Wildman–Crippen MR) is 85.6 cm³/mol. The second kappa shape index (κ2) is 8.97. The fourth-order valence-corrected chi connectivity index (χ4v) is 3.53. The Morgan fingerprint density at radius 1 is 1.16 bits per heavy atom. The Morgan fingerprint density at radius 3 is 2.42 bits per heavy atom. The monoisotopic (exact) mass is 268 g/mol. The summed E-state index contributed by atoms with van der Waals surface area (Å²) in [4.78, 5) is 2.75. The van der Waals surface area contributed by atoms with E-state index in [4.69, 9.17) is 0 Å². The van der Waals surface area contributed by atoms with Gasteiger partial charge in [0.2, 0.25) is 0 Å². The SMILES string of the molecule is CCNC1CCC(CC)CC1N(CC)CC(C)CC. The Kier molecular flexibility index (Phi) is 8.01. The first-order chi connectivity index (χ1) is 9.15. The van der Waals surface area contributed by atoms with E-state index in [1.807, 2.05) is 0 Å². The molecule has 0 bridgehead atoms. The molecule has 4 unspecified atom stereocenters. The van der Waals surface area contributed by atoms with Crippen LogP contribution in [0.4, 0.5) is 0 Å². The molecule has 1 fully saturated rings. The number of hydrogen-bond acceptors (Lipinski definition) is 2. The number of rotatable bonds is 8. The van der Waals surface area contributed by atoms with Crippen molar-refractivity contribution in [1.82, 2.24) is 10.2 Å². The molecule has 1 rings (SSSR count). The molecule has 2 nitrogen and oxygen atoms in total. The minimum Gasteiger partial charge on any atom is -0.313 e. The Hall–Kier alpha value is -0.0800. The molecule has 0 aromatic carbocycles. The first-order valence-electron chi connectivity index (χ1n) is 8.63. The van der Waals surface area contributed by atoms with Crippen molar-refractivity contribution in [3.63, 3.8) is 0 Å². The lowest BCUT2D eigenvalue weighted by molar-refractivity contribution is 0.0877. The van der Waals surface area contributed by atoms with Crippen molar-refractivity contribution in [3.05, 3.63) is 0 Å². The fraction of sp³-hybridized carbons (Fsp3) is 1.00. The van der Waals surface area contributed by atoms with Gasteiger partial charge in [0.1, 0.15) is 0 Å². The van der Waals surface area contributed by atoms with Gasteiger partial charge in [-0.25, -0.2) is 0 Å². The summed E-state index contributed by atoms with van der Waals surface area (Å²) < 4.78 is 0. The number of nitrogens with one attached hydrogen (secondary N) is 1. The van der Waals surface area contributed by atoms with E-state index >= 15 is 0 Å². The molecule has 0 spiro atoms. The van der Waals surface area contributed by atoms with Gasteiger partial charge in [-0.15, -0.1) is 0 Å². The third kappa shape index (κ3) is 5.07. The summed E-state index contributed by atoms with van der Waals surface area (Å²) in [5.41, 5.74) is 0. The molecule has 0 aromatic heterocycles. The predicted octanol–water partition coefficient (Wildman–Crippen LogP) is 3.91. The second-order valence-electron chi connectivity index (χ2n) is 6.42. The topological polar surface area (TPSA) is 15.3 Å². The van der Waals surface area contributed by atoms with Gasteiger partial charge in [-0.2, -0.15) is 0 Å². The highest BCUT2D eigenvalue weighted by molar-refractivity contribution is 4.91. The van der Waals surface area contributed by atoms with Crippen LogP contribution in [0.5, 0.6) is 0 Å². The highest BCUT2D eigenvalue weighted by Gasteiger charge is 2.32. The average Bonchev–Trinajstić information content (AvgIpc) is 2.45. The number of hydrogen-bond donors (Lipinski definition) is 1. The van der Waals surface area contributed by atoms with Gasteiger partial charge < -0.3 is 5.32 Å². The lowest BCUT2D eigenvalue weighted by atomic mass is 9.80. The standard InChI is InChI=1S/C17H36N2/c1-6-14(5)13-19(9-4)17-12-15(7-2)10-11-16(17)18-8-3/h14-18H,6-13H2,1-5H3. The normalized spacial score (nSPS) is 29.7. The zero-order valence-electron chi connectivity index (χ0n) is 13.9. The van der Waals surface area contributed by atoms with Crippen molar-refractivity contribution in [2.24, 2.45) is 11.8 Å². The average molecular weight is 268 g/mol. The second-order valence-corrected chi connectivity index (χ2v) is 6.42. The van der Waals surface area contributed by atoms with Crippen LogP contribution in [0.1, 0.15) is 66.7 Å². The van der Waals surface area contributed by atoms with Crippen LogP contribution in [-0.2, 0) is 0 Å².